The Kier molecular flexibility index (Phi) is 5.34. The van der Waals surface area contributed by atoms with Crippen molar-refractivity contribution in [3.05, 3.63) is 16.0 Å². The third-order valence-corrected chi connectivity index (χ3v) is 5.18. The molecule has 5 nitrogen and oxygen atoms in total. The molecule has 1 fully saturated rings. The van der Waals surface area contributed by atoms with Gasteiger partial charge in [0.15, 0.2) is 0 Å². The molecule has 0 aliphatic carbocycles. The van der Waals surface area contributed by atoms with Crippen LogP contribution in [0, 0.1) is 25.2 Å². The van der Waals surface area contributed by atoms with Gasteiger partial charge in [0.1, 0.15) is 11.1 Å². The summed E-state index contributed by atoms with van der Waals surface area (Å²) in [5.41, 5.74) is 1.56. The van der Waals surface area contributed by atoms with Gasteiger partial charge in [-0.15, -0.1) is 11.3 Å². The van der Waals surface area contributed by atoms with Crippen molar-refractivity contribution in [3.63, 3.8) is 0 Å². The van der Waals surface area contributed by atoms with Crippen LogP contribution in [0.3, 0.4) is 0 Å². The maximum Gasteiger partial charge on any atom is 0.239 e. The molecule has 0 aromatic carbocycles. The number of hydrogen-bond donors (Lipinski definition) is 2. The highest BCUT2D eigenvalue weighted by Gasteiger charge is 2.23. The Morgan fingerprint density at radius 1 is 1.57 bits per heavy atom. The van der Waals surface area contributed by atoms with Crippen LogP contribution in [0.15, 0.2) is 0 Å². The van der Waals surface area contributed by atoms with E-state index in [1.807, 2.05) is 13.8 Å². The molecule has 0 radical (unpaired) electrons. The normalized spacial score (nSPS) is 18.0. The number of rotatable bonds is 5. The van der Waals surface area contributed by atoms with Crippen LogP contribution in [0.4, 0.5) is 5.00 Å². The number of nitrogens with one attached hydrogen (secondary N) is 2. The zero-order valence-corrected chi connectivity index (χ0v) is 13.6. The molecule has 1 aliphatic heterocycles. The summed E-state index contributed by atoms with van der Waals surface area (Å²) in [4.78, 5) is 15.5. The van der Waals surface area contributed by atoms with Gasteiger partial charge in [-0.3, -0.25) is 9.69 Å². The highest BCUT2D eigenvalue weighted by molar-refractivity contribution is 7.16. The molecule has 0 saturated carbocycles. The lowest BCUT2D eigenvalue weighted by atomic mass is 10.2. The second-order valence-corrected chi connectivity index (χ2v) is 6.58. The fourth-order valence-electron chi connectivity index (χ4n) is 2.65. The highest BCUT2D eigenvalue weighted by Crippen LogP contribution is 2.31. The van der Waals surface area contributed by atoms with Gasteiger partial charge >= 0.3 is 0 Å². The van der Waals surface area contributed by atoms with E-state index >= 15 is 0 Å². The first-order valence-electron chi connectivity index (χ1n) is 7.31. The van der Waals surface area contributed by atoms with Crippen LogP contribution >= 0.6 is 11.3 Å². The van der Waals surface area contributed by atoms with Crippen LogP contribution in [0.2, 0.25) is 0 Å². The quantitative estimate of drug-likeness (QED) is 0.871. The molecule has 0 bridgehead atoms. The summed E-state index contributed by atoms with van der Waals surface area (Å²) in [6.45, 7) is 9.16. The lowest BCUT2D eigenvalue weighted by molar-refractivity contribution is -0.117. The third-order valence-electron chi connectivity index (χ3n) is 4.05. The second-order valence-electron chi connectivity index (χ2n) is 5.36. The summed E-state index contributed by atoms with van der Waals surface area (Å²) in [6.07, 6.45) is 1.09. The molecule has 2 N–H and O–H groups in total. The minimum Gasteiger partial charge on any atom is -0.315 e. The number of carbonyl (C=O) groups is 1. The zero-order chi connectivity index (χ0) is 15.4. The average molecular weight is 306 g/mol. The van der Waals surface area contributed by atoms with Gasteiger partial charge < -0.3 is 10.6 Å². The van der Waals surface area contributed by atoms with Crippen molar-refractivity contribution in [3.8, 4) is 6.07 Å². The highest BCUT2D eigenvalue weighted by atomic mass is 32.1. The van der Waals surface area contributed by atoms with Gasteiger partial charge in [0, 0.05) is 17.5 Å². The fraction of sp³-hybridized carbons (Fsp3) is 0.600. The Labute approximate surface area is 129 Å². The number of nitrogens with zero attached hydrogens (tertiary/aromatic N) is 2. The molecule has 2 rings (SSSR count). The Morgan fingerprint density at radius 2 is 2.33 bits per heavy atom. The van der Waals surface area contributed by atoms with Crippen molar-refractivity contribution >= 4 is 22.2 Å². The van der Waals surface area contributed by atoms with Gasteiger partial charge in [-0.25, -0.2) is 0 Å². The monoisotopic (exact) mass is 306 g/mol. The molecule has 1 aromatic heterocycles. The molecule has 1 aliphatic rings. The summed E-state index contributed by atoms with van der Waals surface area (Å²) in [5.74, 6) is -0.0403. The minimum atomic E-state index is -0.0403. The van der Waals surface area contributed by atoms with Gasteiger partial charge in [-0.1, -0.05) is 6.92 Å². The standard InChI is InChI=1S/C15H22N4OS/c1-4-19(12-5-6-17-8-12)9-14(20)18-15-13(7-16)10(2)11(3)21-15/h12,17H,4-6,8-9H2,1-3H3,(H,18,20). The van der Waals surface area contributed by atoms with Crippen molar-refractivity contribution in [2.75, 3.05) is 31.5 Å². The van der Waals surface area contributed by atoms with Crippen LogP contribution in [0.25, 0.3) is 0 Å². The number of likely N-dealkylation sites (N-methyl/N-ethyl adjacent to an activating group) is 1. The maximum atomic E-state index is 12.3. The number of carbonyl (C=O) groups excluding carboxylic acids is 1. The number of amides is 1. The first kappa shape index (κ1) is 16.0. The SMILES string of the molecule is CCN(CC(=O)Nc1sc(C)c(C)c1C#N)C1CCNC1. The minimum absolute atomic E-state index is 0.0403. The van der Waals surface area contributed by atoms with Crippen molar-refractivity contribution in [1.29, 1.82) is 5.26 Å². The van der Waals surface area contributed by atoms with Crippen molar-refractivity contribution in [2.45, 2.75) is 33.2 Å². The van der Waals surface area contributed by atoms with Crippen LogP contribution in [-0.4, -0.2) is 43.0 Å². The first-order valence-corrected chi connectivity index (χ1v) is 8.13. The van der Waals surface area contributed by atoms with E-state index in [-0.39, 0.29) is 5.91 Å². The Morgan fingerprint density at radius 3 is 2.90 bits per heavy atom. The van der Waals surface area contributed by atoms with E-state index in [1.165, 1.54) is 11.3 Å². The average Bonchev–Trinajstić information content (AvgIpc) is 3.06. The maximum absolute atomic E-state index is 12.3. The number of anilines is 1. The summed E-state index contributed by atoms with van der Waals surface area (Å²) in [6, 6.07) is 2.62. The lowest BCUT2D eigenvalue weighted by Gasteiger charge is -2.25. The summed E-state index contributed by atoms with van der Waals surface area (Å²) >= 11 is 1.48. The molecule has 1 amide bonds. The Hall–Kier alpha value is -1.42. The predicted molar refractivity (Wildman–Crippen MR) is 85.7 cm³/mol. The van der Waals surface area contributed by atoms with Gasteiger partial charge in [0.05, 0.1) is 12.1 Å². The summed E-state index contributed by atoms with van der Waals surface area (Å²) < 4.78 is 0. The predicted octanol–water partition coefficient (Wildman–Crippen LogP) is 1.86. The van der Waals surface area contributed by atoms with Gasteiger partial charge in [-0.05, 0) is 38.9 Å². The lowest BCUT2D eigenvalue weighted by Crippen LogP contribution is -2.41. The second kappa shape index (κ2) is 7.03. The van der Waals surface area contributed by atoms with E-state index in [4.69, 9.17) is 0 Å². The molecular formula is C15H22N4OS. The van der Waals surface area contributed by atoms with Crippen molar-refractivity contribution < 1.29 is 4.79 Å². The Bertz CT molecular complexity index is 555. The van der Waals surface area contributed by atoms with Crippen molar-refractivity contribution in [1.82, 2.24) is 10.2 Å². The molecule has 114 valence electrons. The van der Waals surface area contributed by atoms with E-state index in [9.17, 15) is 10.1 Å². The third kappa shape index (κ3) is 3.62. The molecule has 1 saturated heterocycles. The van der Waals surface area contributed by atoms with Crippen LogP contribution < -0.4 is 10.6 Å². The number of hydrogen-bond acceptors (Lipinski definition) is 5. The number of aryl methyl sites for hydroxylation is 1. The van der Waals surface area contributed by atoms with Gasteiger partial charge in [0.25, 0.3) is 0 Å². The molecular weight excluding hydrogens is 284 g/mol. The van der Waals surface area contributed by atoms with E-state index in [1.54, 1.807) is 0 Å². The summed E-state index contributed by atoms with van der Waals surface area (Å²) in [7, 11) is 0. The topological polar surface area (TPSA) is 68.2 Å². The molecule has 2 heterocycles. The molecule has 1 aromatic rings. The van der Waals surface area contributed by atoms with Crippen molar-refractivity contribution in [2.24, 2.45) is 0 Å². The van der Waals surface area contributed by atoms with Crippen LogP contribution in [-0.2, 0) is 4.79 Å². The molecule has 1 unspecified atom stereocenters. The van der Waals surface area contributed by atoms with E-state index in [0.717, 1.165) is 36.5 Å². The number of thiophene rings is 1. The molecule has 21 heavy (non-hydrogen) atoms. The first-order chi connectivity index (χ1) is 10.1. The van der Waals surface area contributed by atoms with Crippen LogP contribution in [0.5, 0.6) is 0 Å². The summed E-state index contributed by atoms with van der Waals surface area (Å²) in [5, 5.41) is 16.1. The molecule has 1 atom stereocenters. The molecule has 6 heteroatoms. The van der Waals surface area contributed by atoms with Crippen LogP contribution in [0.1, 0.15) is 29.3 Å². The zero-order valence-electron chi connectivity index (χ0n) is 12.8. The Balaban J connectivity index is 2.01. The van der Waals surface area contributed by atoms with Gasteiger partial charge in [0.2, 0.25) is 5.91 Å². The van der Waals surface area contributed by atoms with Gasteiger partial charge in [-0.2, -0.15) is 5.26 Å². The molecule has 0 spiro atoms. The largest absolute Gasteiger partial charge is 0.315 e. The van der Waals surface area contributed by atoms with E-state index in [2.05, 4.69) is 28.5 Å². The fourth-order valence-corrected chi connectivity index (χ4v) is 3.68. The smallest absolute Gasteiger partial charge is 0.239 e. The van der Waals surface area contributed by atoms with E-state index in [0.29, 0.717) is 23.2 Å². The van der Waals surface area contributed by atoms with E-state index < -0.39 is 0 Å². The number of nitriles is 1.